The Morgan fingerprint density at radius 2 is 1.85 bits per heavy atom. The molecule has 0 aromatic heterocycles. The van der Waals surface area contributed by atoms with Crippen molar-refractivity contribution < 1.29 is 4.43 Å². The first-order valence-electron chi connectivity index (χ1n) is 4.97. The molecular weight excluding hydrogens is 176 g/mol. The summed E-state index contributed by atoms with van der Waals surface area (Å²) < 4.78 is 6.01. The van der Waals surface area contributed by atoms with Crippen molar-refractivity contribution in [2.75, 3.05) is 6.61 Å². The van der Waals surface area contributed by atoms with E-state index in [-0.39, 0.29) is 0 Å². The Balaban J connectivity index is 4.11. The Hall–Kier alpha value is -0.0831. The quantitative estimate of drug-likeness (QED) is 0.495. The number of hydrogen-bond acceptors (Lipinski definition) is 1. The van der Waals surface area contributed by atoms with Crippen molar-refractivity contribution >= 4 is 8.32 Å². The van der Waals surface area contributed by atoms with E-state index in [0.29, 0.717) is 11.0 Å². The minimum absolute atomic E-state index is 0.313. The van der Waals surface area contributed by atoms with Crippen molar-refractivity contribution in [2.45, 2.75) is 45.8 Å². The van der Waals surface area contributed by atoms with Gasteiger partial charge in [0, 0.05) is 6.61 Å². The van der Waals surface area contributed by atoms with Crippen LogP contribution in [-0.2, 0) is 4.43 Å². The molecule has 1 atom stereocenters. The molecule has 0 aliphatic heterocycles. The van der Waals surface area contributed by atoms with Gasteiger partial charge in [-0.15, -0.1) is 6.58 Å². The lowest BCUT2D eigenvalue weighted by Crippen LogP contribution is -2.41. The van der Waals surface area contributed by atoms with Crippen LogP contribution in [0.25, 0.3) is 0 Å². The summed E-state index contributed by atoms with van der Waals surface area (Å²) in [6.07, 6.45) is 1.95. The molecule has 0 heterocycles. The van der Waals surface area contributed by atoms with E-state index in [1.165, 1.54) is 0 Å². The van der Waals surface area contributed by atoms with Crippen LogP contribution in [0.1, 0.15) is 27.7 Å². The smallest absolute Gasteiger partial charge is 0.192 e. The van der Waals surface area contributed by atoms with Crippen molar-refractivity contribution in [1.29, 1.82) is 0 Å². The van der Waals surface area contributed by atoms with E-state index in [1.807, 2.05) is 6.08 Å². The van der Waals surface area contributed by atoms with E-state index >= 15 is 0 Å². The van der Waals surface area contributed by atoms with Crippen LogP contribution >= 0.6 is 0 Å². The normalized spacial score (nSPS) is 15.5. The van der Waals surface area contributed by atoms with Crippen LogP contribution in [0.3, 0.4) is 0 Å². The van der Waals surface area contributed by atoms with Crippen molar-refractivity contribution in [2.24, 2.45) is 5.92 Å². The first kappa shape index (κ1) is 12.9. The van der Waals surface area contributed by atoms with Crippen molar-refractivity contribution in [1.82, 2.24) is 0 Å². The third kappa shape index (κ3) is 4.10. The van der Waals surface area contributed by atoms with Gasteiger partial charge in [0.15, 0.2) is 8.32 Å². The second kappa shape index (κ2) is 4.42. The fraction of sp³-hybridized carbons (Fsp3) is 0.818. The van der Waals surface area contributed by atoms with Crippen molar-refractivity contribution in [3.8, 4) is 0 Å². The maximum absolute atomic E-state index is 6.01. The zero-order valence-electron chi connectivity index (χ0n) is 9.98. The third-order valence-electron chi connectivity index (χ3n) is 2.92. The number of rotatable bonds is 4. The highest BCUT2D eigenvalue weighted by Crippen LogP contribution is 2.36. The fourth-order valence-electron chi connectivity index (χ4n) is 0.624. The molecule has 1 unspecified atom stereocenters. The lowest BCUT2D eigenvalue weighted by molar-refractivity contribution is 0.259. The summed E-state index contributed by atoms with van der Waals surface area (Å²) >= 11 is 0. The van der Waals surface area contributed by atoms with Crippen LogP contribution in [0.4, 0.5) is 0 Å². The molecule has 0 aliphatic rings. The Morgan fingerprint density at radius 3 is 2.15 bits per heavy atom. The summed E-state index contributed by atoms with van der Waals surface area (Å²) in [6, 6.07) is 0. The van der Waals surface area contributed by atoms with E-state index in [9.17, 15) is 0 Å². The predicted molar refractivity (Wildman–Crippen MR) is 62.5 cm³/mol. The SMILES string of the molecule is C=CC(C)CO[Si](C)(C)C(C)(C)C. The van der Waals surface area contributed by atoms with Gasteiger partial charge >= 0.3 is 0 Å². The molecular formula is C11H24OSi. The highest BCUT2D eigenvalue weighted by molar-refractivity contribution is 6.74. The van der Waals surface area contributed by atoms with Gasteiger partial charge in [-0.3, -0.25) is 0 Å². The molecule has 0 saturated carbocycles. The molecule has 0 aromatic carbocycles. The summed E-state index contributed by atoms with van der Waals surface area (Å²) in [5.74, 6) is 0.467. The topological polar surface area (TPSA) is 9.23 Å². The van der Waals surface area contributed by atoms with Gasteiger partial charge in [0.1, 0.15) is 0 Å². The Bertz CT molecular complexity index is 167. The van der Waals surface area contributed by atoms with E-state index in [0.717, 1.165) is 6.61 Å². The van der Waals surface area contributed by atoms with Gasteiger partial charge in [0.05, 0.1) is 0 Å². The van der Waals surface area contributed by atoms with Gasteiger partial charge in [-0.25, -0.2) is 0 Å². The minimum Gasteiger partial charge on any atom is -0.416 e. The van der Waals surface area contributed by atoms with Crippen LogP contribution < -0.4 is 0 Å². The molecule has 2 heteroatoms. The van der Waals surface area contributed by atoms with Gasteiger partial charge in [-0.2, -0.15) is 0 Å². The van der Waals surface area contributed by atoms with Crippen LogP contribution in [0.2, 0.25) is 18.1 Å². The molecule has 13 heavy (non-hydrogen) atoms. The summed E-state index contributed by atoms with van der Waals surface area (Å²) in [5.41, 5.74) is 0. The maximum Gasteiger partial charge on any atom is 0.192 e. The maximum atomic E-state index is 6.01. The summed E-state index contributed by atoms with van der Waals surface area (Å²) in [5, 5.41) is 0.313. The Kier molecular flexibility index (Phi) is 4.40. The molecule has 0 radical (unpaired) electrons. The first-order chi connectivity index (χ1) is 5.70. The molecule has 0 spiro atoms. The van der Waals surface area contributed by atoms with Crippen LogP contribution in [0.5, 0.6) is 0 Å². The van der Waals surface area contributed by atoms with Gasteiger partial charge in [-0.05, 0) is 24.1 Å². The standard InChI is InChI=1S/C11H24OSi/c1-8-10(2)9-12-13(6,7)11(3,4)5/h8,10H,1,9H2,2-7H3. The van der Waals surface area contributed by atoms with E-state index in [4.69, 9.17) is 4.43 Å². The zero-order chi connectivity index (χ0) is 10.7. The predicted octanol–water partition coefficient (Wildman–Crippen LogP) is 3.83. The lowest BCUT2D eigenvalue weighted by atomic mass is 10.2. The second-order valence-electron chi connectivity index (χ2n) is 5.28. The molecule has 0 bridgehead atoms. The minimum atomic E-state index is -1.53. The highest BCUT2D eigenvalue weighted by Gasteiger charge is 2.37. The molecule has 0 aromatic rings. The van der Waals surface area contributed by atoms with Crippen molar-refractivity contribution in [3.05, 3.63) is 12.7 Å². The molecule has 0 rings (SSSR count). The molecule has 0 aliphatic carbocycles. The van der Waals surface area contributed by atoms with Gasteiger partial charge in [0.25, 0.3) is 0 Å². The van der Waals surface area contributed by atoms with Gasteiger partial charge in [0.2, 0.25) is 0 Å². The number of hydrogen-bond donors (Lipinski definition) is 0. The van der Waals surface area contributed by atoms with Gasteiger partial charge < -0.3 is 4.43 Å². The van der Waals surface area contributed by atoms with E-state index in [1.54, 1.807) is 0 Å². The Labute approximate surface area is 84.3 Å². The van der Waals surface area contributed by atoms with Crippen LogP contribution in [0.15, 0.2) is 12.7 Å². The summed E-state index contributed by atoms with van der Waals surface area (Å²) in [7, 11) is -1.53. The summed E-state index contributed by atoms with van der Waals surface area (Å²) in [6.45, 7) is 18.1. The average Bonchev–Trinajstić information content (AvgIpc) is 1.98. The molecule has 0 amide bonds. The molecule has 1 nitrogen and oxygen atoms in total. The van der Waals surface area contributed by atoms with Gasteiger partial charge in [-0.1, -0.05) is 33.8 Å². The monoisotopic (exact) mass is 200 g/mol. The lowest BCUT2D eigenvalue weighted by Gasteiger charge is -2.36. The Morgan fingerprint density at radius 1 is 1.38 bits per heavy atom. The van der Waals surface area contributed by atoms with E-state index in [2.05, 4.69) is 47.4 Å². The average molecular weight is 200 g/mol. The van der Waals surface area contributed by atoms with Crippen molar-refractivity contribution in [3.63, 3.8) is 0 Å². The molecule has 0 N–H and O–H groups in total. The second-order valence-corrected chi connectivity index (χ2v) is 10.1. The first-order valence-corrected chi connectivity index (χ1v) is 7.88. The third-order valence-corrected chi connectivity index (χ3v) is 7.42. The molecule has 0 fully saturated rings. The zero-order valence-corrected chi connectivity index (χ0v) is 11.0. The largest absolute Gasteiger partial charge is 0.416 e. The fourth-order valence-corrected chi connectivity index (χ4v) is 1.74. The van der Waals surface area contributed by atoms with Crippen LogP contribution in [-0.4, -0.2) is 14.9 Å². The molecule has 0 saturated heterocycles. The van der Waals surface area contributed by atoms with E-state index < -0.39 is 8.32 Å². The summed E-state index contributed by atoms with van der Waals surface area (Å²) in [4.78, 5) is 0. The van der Waals surface area contributed by atoms with Crippen LogP contribution in [0, 0.1) is 5.92 Å². The highest BCUT2D eigenvalue weighted by atomic mass is 28.4. The molecule has 78 valence electrons.